The van der Waals surface area contributed by atoms with Crippen LogP contribution in [0.15, 0.2) is 39.8 Å². The second-order valence-electron chi connectivity index (χ2n) is 4.53. The molecule has 0 spiro atoms. The number of aryl methyl sites for hydroxylation is 2. The third-order valence-corrected chi connectivity index (χ3v) is 3.95. The highest BCUT2D eigenvalue weighted by atomic mass is 32.2. The predicted molar refractivity (Wildman–Crippen MR) is 79.7 cm³/mol. The van der Waals surface area contributed by atoms with Gasteiger partial charge < -0.3 is 4.42 Å². The average Bonchev–Trinajstić information content (AvgIpc) is 2.93. The molecule has 3 aromatic rings. The van der Waals surface area contributed by atoms with E-state index in [1.807, 2.05) is 25.1 Å². The first-order valence-electron chi connectivity index (χ1n) is 6.56. The van der Waals surface area contributed by atoms with E-state index in [0.29, 0.717) is 17.5 Å². The molecule has 0 aliphatic heterocycles. The van der Waals surface area contributed by atoms with E-state index < -0.39 is 0 Å². The van der Waals surface area contributed by atoms with E-state index in [9.17, 15) is 0 Å². The summed E-state index contributed by atoms with van der Waals surface area (Å²) in [6.07, 6.45) is 0.769. The summed E-state index contributed by atoms with van der Waals surface area (Å²) in [5.41, 5.74) is 2.26. The van der Waals surface area contributed by atoms with Gasteiger partial charge in [-0.05, 0) is 24.6 Å². The van der Waals surface area contributed by atoms with Crippen LogP contribution < -0.4 is 0 Å². The topological polar surface area (TPSA) is 51.8 Å². The minimum Gasteiger partial charge on any atom is -0.424 e. The van der Waals surface area contributed by atoms with Gasteiger partial charge in [0.05, 0.1) is 16.3 Å². The lowest BCUT2D eigenvalue weighted by Gasteiger charge is -2.04. The van der Waals surface area contributed by atoms with Crippen molar-refractivity contribution in [1.82, 2.24) is 15.2 Å². The van der Waals surface area contributed by atoms with Crippen LogP contribution >= 0.6 is 11.8 Å². The summed E-state index contributed by atoms with van der Waals surface area (Å²) in [5.74, 6) is 1.99. The third kappa shape index (κ3) is 2.67. The molecule has 0 atom stereocenters. The maximum absolute atomic E-state index is 5.50. The molecule has 0 amide bonds. The van der Waals surface area contributed by atoms with Crippen molar-refractivity contribution in [2.24, 2.45) is 0 Å². The largest absolute Gasteiger partial charge is 0.424 e. The summed E-state index contributed by atoms with van der Waals surface area (Å²) in [7, 11) is 0. The van der Waals surface area contributed by atoms with E-state index in [1.54, 1.807) is 11.8 Å². The fraction of sp³-hybridized carbons (Fsp3) is 0.267. The highest BCUT2D eigenvalue weighted by molar-refractivity contribution is 7.98. The minimum absolute atomic E-state index is 0.651. The second kappa shape index (κ2) is 5.63. The van der Waals surface area contributed by atoms with Crippen LogP contribution in [0, 0.1) is 6.92 Å². The van der Waals surface area contributed by atoms with Gasteiger partial charge >= 0.3 is 0 Å². The van der Waals surface area contributed by atoms with Crippen LogP contribution in [0.25, 0.3) is 10.9 Å². The summed E-state index contributed by atoms with van der Waals surface area (Å²) < 4.78 is 5.50. The standard InChI is InChI=1S/C15H15N3OS/c1-3-13-17-18-14(19-13)9-20-15-8-10(2)11-6-4-5-7-12(11)16-15/h4-8H,3,9H2,1-2H3. The third-order valence-electron chi connectivity index (χ3n) is 3.05. The zero-order valence-electron chi connectivity index (χ0n) is 11.5. The Morgan fingerprint density at radius 1 is 1.15 bits per heavy atom. The molecule has 0 N–H and O–H groups in total. The monoisotopic (exact) mass is 285 g/mol. The van der Waals surface area contributed by atoms with E-state index in [1.165, 1.54) is 10.9 Å². The van der Waals surface area contributed by atoms with Crippen molar-refractivity contribution in [1.29, 1.82) is 0 Å². The zero-order chi connectivity index (χ0) is 13.9. The van der Waals surface area contributed by atoms with E-state index in [0.717, 1.165) is 17.0 Å². The van der Waals surface area contributed by atoms with E-state index in [4.69, 9.17) is 4.42 Å². The molecule has 0 aliphatic rings. The van der Waals surface area contributed by atoms with Crippen LogP contribution in [0.2, 0.25) is 0 Å². The Hall–Kier alpha value is -1.88. The molecule has 2 heterocycles. The van der Waals surface area contributed by atoms with Gasteiger partial charge in [-0.2, -0.15) is 0 Å². The van der Waals surface area contributed by atoms with Gasteiger partial charge in [-0.15, -0.1) is 10.2 Å². The van der Waals surface area contributed by atoms with Crippen LogP contribution in [0.4, 0.5) is 0 Å². The molecular weight excluding hydrogens is 270 g/mol. The molecular formula is C15H15N3OS. The van der Waals surface area contributed by atoms with Crippen molar-refractivity contribution in [3.05, 3.63) is 47.7 Å². The van der Waals surface area contributed by atoms with E-state index >= 15 is 0 Å². The molecule has 20 heavy (non-hydrogen) atoms. The first-order valence-corrected chi connectivity index (χ1v) is 7.55. The first-order chi connectivity index (χ1) is 9.76. The zero-order valence-corrected chi connectivity index (χ0v) is 12.3. The lowest BCUT2D eigenvalue weighted by molar-refractivity contribution is 0.470. The van der Waals surface area contributed by atoms with Crippen molar-refractivity contribution < 1.29 is 4.42 Å². The first kappa shape index (κ1) is 13.1. The molecule has 102 valence electrons. The van der Waals surface area contributed by atoms with Crippen molar-refractivity contribution in [2.45, 2.75) is 31.0 Å². The molecule has 0 bridgehead atoms. The SMILES string of the molecule is CCc1nnc(CSc2cc(C)c3ccccc3n2)o1. The highest BCUT2D eigenvalue weighted by Gasteiger charge is 2.07. The van der Waals surface area contributed by atoms with Crippen LogP contribution in [0.5, 0.6) is 0 Å². The van der Waals surface area contributed by atoms with Gasteiger partial charge in [0, 0.05) is 11.8 Å². The molecule has 0 unspecified atom stereocenters. The number of nitrogens with zero attached hydrogens (tertiary/aromatic N) is 3. The Kier molecular flexibility index (Phi) is 3.69. The number of hydrogen-bond acceptors (Lipinski definition) is 5. The predicted octanol–water partition coefficient (Wildman–Crippen LogP) is 3.78. The Morgan fingerprint density at radius 3 is 2.75 bits per heavy atom. The summed E-state index contributed by atoms with van der Waals surface area (Å²) in [4.78, 5) is 4.65. The number of hydrogen-bond donors (Lipinski definition) is 0. The smallest absolute Gasteiger partial charge is 0.226 e. The minimum atomic E-state index is 0.651. The van der Waals surface area contributed by atoms with Gasteiger partial charge in [-0.1, -0.05) is 36.9 Å². The quantitative estimate of drug-likeness (QED) is 0.683. The van der Waals surface area contributed by atoms with Crippen molar-refractivity contribution in [3.63, 3.8) is 0 Å². The molecule has 0 saturated carbocycles. The molecule has 4 nitrogen and oxygen atoms in total. The van der Waals surface area contributed by atoms with Crippen molar-refractivity contribution in [3.8, 4) is 0 Å². The van der Waals surface area contributed by atoms with Gasteiger partial charge in [0.25, 0.3) is 0 Å². The number of thioether (sulfide) groups is 1. The van der Waals surface area contributed by atoms with Gasteiger partial charge in [0.15, 0.2) is 0 Å². The van der Waals surface area contributed by atoms with Gasteiger partial charge in [-0.3, -0.25) is 0 Å². The summed E-state index contributed by atoms with van der Waals surface area (Å²) in [6.45, 7) is 4.11. The molecule has 5 heteroatoms. The normalized spacial score (nSPS) is 11.1. The lowest BCUT2D eigenvalue weighted by Crippen LogP contribution is -1.88. The van der Waals surface area contributed by atoms with Crippen LogP contribution in [-0.4, -0.2) is 15.2 Å². The average molecular weight is 285 g/mol. The Labute approximate surface area is 121 Å². The summed E-state index contributed by atoms with van der Waals surface area (Å²) >= 11 is 1.62. The Morgan fingerprint density at radius 2 is 1.95 bits per heavy atom. The van der Waals surface area contributed by atoms with Crippen LogP contribution in [0.3, 0.4) is 0 Å². The molecule has 0 fully saturated rings. The van der Waals surface area contributed by atoms with Crippen molar-refractivity contribution in [2.75, 3.05) is 0 Å². The number of pyridine rings is 1. The maximum atomic E-state index is 5.50. The summed E-state index contributed by atoms with van der Waals surface area (Å²) in [5, 5.41) is 10.2. The Bertz CT molecular complexity index is 739. The maximum Gasteiger partial charge on any atom is 0.226 e. The molecule has 3 rings (SSSR count). The highest BCUT2D eigenvalue weighted by Crippen LogP contribution is 2.25. The van der Waals surface area contributed by atoms with E-state index in [-0.39, 0.29) is 0 Å². The summed E-state index contributed by atoms with van der Waals surface area (Å²) in [6, 6.07) is 10.3. The fourth-order valence-electron chi connectivity index (χ4n) is 2.02. The van der Waals surface area contributed by atoms with Gasteiger partial charge in [-0.25, -0.2) is 4.98 Å². The Balaban J connectivity index is 1.80. The number of fused-ring (bicyclic) bond motifs is 1. The number of benzene rings is 1. The lowest BCUT2D eigenvalue weighted by atomic mass is 10.1. The molecule has 1 aromatic carbocycles. The second-order valence-corrected chi connectivity index (χ2v) is 5.52. The van der Waals surface area contributed by atoms with E-state index in [2.05, 4.69) is 34.2 Å². The molecule has 0 radical (unpaired) electrons. The van der Waals surface area contributed by atoms with Gasteiger partial charge in [0.2, 0.25) is 11.8 Å². The number of aromatic nitrogens is 3. The number of para-hydroxylation sites is 1. The molecule has 0 aliphatic carbocycles. The molecule has 2 aromatic heterocycles. The number of rotatable bonds is 4. The fourth-order valence-corrected chi connectivity index (χ4v) is 2.83. The van der Waals surface area contributed by atoms with Crippen LogP contribution in [-0.2, 0) is 12.2 Å². The molecule has 0 saturated heterocycles. The van der Waals surface area contributed by atoms with Crippen LogP contribution in [0.1, 0.15) is 24.3 Å². The van der Waals surface area contributed by atoms with Gasteiger partial charge in [0.1, 0.15) is 0 Å². The van der Waals surface area contributed by atoms with Crippen molar-refractivity contribution >= 4 is 22.7 Å².